The normalized spacial score (nSPS) is 19.6. The Morgan fingerprint density at radius 2 is 1.97 bits per heavy atom. The van der Waals surface area contributed by atoms with Crippen LogP contribution in [0.4, 0.5) is 0 Å². The maximum Gasteiger partial charge on any atom is 0.274 e. The second-order valence-electron chi connectivity index (χ2n) is 8.30. The van der Waals surface area contributed by atoms with Crippen molar-refractivity contribution in [1.82, 2.24) is 19.4 Å². The van der Waals surface area contributed by atoms with E-state index in [4.69, 9.17) is 4.74 Å². The zero-order chi connectivity index (χ0) is 20.4. The van der Waals surface area contributed by atoms with E-state index in [9.17, 15) is 9.59 Å². The number of ether oxygens (including phenoxy) is 1. The standard InChI is InChI=1S/C22H28N4O3/c1-24-14-19(23-16-24)20(27)26-11-4-3-10-25(2)21(28)22(8-9-22)15-29-18-7-5-6-17(12-18)13-26/h5-7,12,14,16H,3-4,8-11,13,15H2,1-2H3. The number of carbonyl (C=O) groups excluding carboxylic acids is 2. The van der Waals surface area contributed by atoms with E-state index in [1.165, 1.54) is 0 Å². The Morgan fingerprint density at radius 1 is 1.17 bits per heavy atom. The zero-order valence-corrected chi connectivity index (χ0v) is 17.1. The monoisotopic (exact) mass is 396 g/mol. The minimum atomic E-state index is -0.351. The molecular formula is C22H28N4O3. The third-order valence-corrected chi connectivity index (χ3v) is 5.82. The van der Waals surface area contributed by atoms with Crippen molar-refractivity contribution in [2.75, 3.05) is 26.7 Å². The van der Waals surface area contributed by atoms with Gasteiger partial charge in [-0.2, -0.15) is 0 Å². The highest BCUT2D eigenvalue weighted by molar-refractivity contribution is 5.92. The Bertz CT molecular complexity index is 903. The number of amides is 2. The quantitative estimate of drug-likeness (QED) is 0.743. The fourth-order valence-electron chi connectivity index (χ4n) is 3.84. The number of rotatable bonds is 1. The second kappa shape index (κ2) is 7.89. The van der Waals surface area contributed by atoms with Gasteiger partial charge < -0.3 is 19.1 Å². The number of fused-ring (bicyclic) bond motifs is 2. The molecule has 154 valence electrons. The van der Waals surface area contributed by atoms with Gasteiger partial charge >= 0.3 is 0 Å². The van der Waals surface area contributed by atoms with Crippen LogP contribution in [-0.4, -0.2) is 57.9 Å². The van der Waals surface area contributed by atoms with Gasteiger partial charge in [0.2, 0.25) is 5.91 Å². The van der Waals surface area contributed by atoms with Crippen LogP contribution in [0.25, 0.3) is 0 Å². The second-order valence-corrected chi connectivity index (χ2v) is 8.30. The number of hydrogen-bond acceptors (Lipinski definition) is 4. The molecule has 1 saturated carbocycles. The summed E-state index contributed by atoms with van der Waals surface area (Å²) in [6.45, 7) is 2.23. The number of imidazole rings is 1. The molecule has 1 aromatic carbocycles. The summed E-state index contributed by atoms with van der Waals surface area (Å²) in [5, 5.41) is 0. The maximum absolute atomic E-state index is 13.0. The van der Waals surface area contributed by atoms with Crippen LogP contribution >= 0.6 is 0 Å². The SMILES string of the molecule is CN1CCCCN(C(=O)c2cn(C)cn2)Cc2cccc(c2)OCC2(CC2)C1=O. The largest absolute Gasteiger partial charge is 0.492 e. The lowest BCUT2D eigenvalue weighted by atomic mass is 10.1. The molecule has 0 radical (unpaired) electrons. The molecule has 0 N–H and O–H groups in total. The lowest BCUT2D eigenvalue weighted by Gasteiger charge is -2.26. The lowest BCUT2D eigenvalue weighted by molar-refractivity contribution is -0.136. The molecule has 1 aliphatic heterocycles. The van der Waals surface area contributed by atoms with Crippen molar-refractivity contribution < 1.29 is 14.3 Å². The van der Waals surface area contributed by atoms with Crippen LogP contribution in [0.2, 0.25) is 0 Å². The summed E-state index contributed by atoms with van der Waals surface area (Å²) < 4.78 is 7.78. The molecule has 0 unspecified atom stereocenters. The van der Waals surface area contributed by atoms with Crippen LogP contribution in [0.3, 0.4) is 0 Å². The Balaban J connectivity index is 1.57. The van der Waals surface area contributed by atoms with Crippen molar-refractivity contribution in [1.29, 1.82) is 0 Å². The van der Waals surface area contributed by atoms with E-state index in [1.807, 2.05) is 48.2 Å². The first kappa shape index (κ1) is 19.5. The van der Waals surface area contributed by atoms with Gasteiger partial charge in [-0.25, -0.2) is 4.98 Å². The molecule has 7 heteroatoms. The Hall–Kier alpha value is -2.83. The highest BCUT2D eigenvalue weighted by atomic mass is 16.5. The maximum atomic E-state index is 13.0. The molecule has 2 bridgehead atoms. The number of aromatic nitrogens is 2. The Labute approximate surface area is 171 Å². The van der Waals surface area contributed by atoms with Crippen LogP contribution in [0.15, 0.2) is 36.8 Å². The van der Waals surface area contributed by atoms with Gasteiger partial charge in [0, 0.05) is 39.9 Å². The van der Waals surface area contributed by atoms with Gasteiger partial charge in [-0.05, 0) is 43.4 Å². The van der Waals surface area contributed by atoms with Crippen LogP contribution < -0.4 is 4.74 Å². The summed E-state index contributed by atoms with van der Waals surface area (Å²) >= 11 is 0. The number of hydrogen-bond donors (Lipinski definition) is 0. The molecule has 2 amide bonds. The van der Waals surface area contributed by atoms with Crippen molar-refractivity contribution in [3.8, 4) is 5.75 Å². The lowest BCUT2D eigenvalue weighted by Crippen LogP contribution is -2.38. The van der Waals surface area contributed by atoms with Crippen LogP contribution in [0, 0.1) is 5.41 Å². The van der Waals surface area contributed by atoms with Gasteiger partial charge in [0.15, 0.2) is 0 Å². The van der Waals surface area contributed by atoms with E-state index >= 15 is 0 Å². The zero-order valence-electron chi connectivity index (χ0n) is 17.1. The Kier molecular flexibility index (Phi) is 5.30. The average molecular weight is 396 g/mol. The molecule has 1 spiro atoms. The van der Waals surface area contributed by atoms with E-state index in [0.29, 0.717) is 31.9 Å². The summed E-state index contributed by atoms with van der Waals surface area (Å²) in [6, 6.07) is 7.82. The van der Waals surface area contributed by atoms with Crippen molar-refractivity contribution in [3.05, 3.63) is 48.0 Å². The first-order chi connectivity index (χ1) is 14.0. The topological polar surface area (TPSA) is 67.7 Å². The molecule has 0 saturated heterocycles. The van der Waals surface area contributed by atoms with Crippen LogP contribution in [-0.2, 0) is 18.4 Å². The third-order valence-electron chi connectivity index (χ3n) is 5.82. The van der Waals surface area contributed by atoms with Crippen molar-refractivity contribution in [2.24, 2.45) is 12.5 Å². The fourth-order valence-corrected chi connectivity index (χ4v) is 3.84. The summed E-state index contributed by atoms with van der Waals surface area (Å²) in [4.78, 5) is 33.7. The predicted octanol–water partition coefficient (Wildman–Crippen LogP) is 2.47. The van der Waals surface area contributed by atoms with Gasteiger partial charge in [0.25, 0.3) is 5.91 Å². The number of carbonyl (C=O) groups is 2. The average Bonchev–Trinajstić information content (AvgIpc) is 3.39. The summed E-state index contributed by atoms with van der Waals surface area (Å²) in [6.07, 6.45) is 6.85. The minimum absolute atomic E-state index is 0.0784. The third kappa shape index (κ3) is 4.28. The highest BCUT2D eigenvalue weighted by Gasteiger charge is 2.52. The molecule has 2 aromatic rings. The molecule has 0 atom stereocenters. The highest BCUT2D eigenvalue weighted by Crippen LogP contribution is 2.47. The van der Waals surface area contributed by atoms with Gasteiger partial charge in [-0.15, -0.1) is 0 Å². The Morgan fingerprint density at radius 3 is 2.69 bits per heavy atom. The van der Waals surface area contributed by atoms with Crippen molar-refractivity contribution in [3.63, 3.8) is 0 Å². The van der Waals surface area contributed by atoms with Gasteiger partial charge in [0.05, 0.1) is 11.7 Å². The molecule has 1 aromatic heterocycles. The predicted molar refractivity (Wildman–Crippen MR) is 108 cm³/mol. The number of aryl methyl sites for hydroxylation is 1. The molecule has 7 nitrogen and oxygen atoms in total. The van der Waals surface area contributed by atoms with E-state index in [2.05, 4.69) is 4.98 Å². The molecule has 2 aliphatic rings. The first-order valence-corrected chi connectivity index (χ1v) is 10.2. The van der Waals surface area contributed by atoms with Crippen molar-refractivity contribution in [2.45, 2.75) is 32.2 Å². The van der Waals surface area contributed by atoms with Crippen LogP contribution in [0.5, 0.6) is 5.75 Å². The number of benzene rings is 1. The molecule has 1 fully saturated rings. The molecule has 1 aliphatic carbocycles. The van der Waals surface area contributed by atoms with Gasteiger partial charge in [0.1, 0.15) is 18.1 Å². The fraction of sp³-hybridized carbons (Fsp3) is 0.500. The molecular weight excluding hydrogens is 368 g/mol. The van der Waals surface area contributed by atoms with E-state index < -0.39 is 0 Å². The number of nitrogens with zero attached hydrogens (tertiary/aromatic N) is 4. The molecule has 4 rings (SSSR count). The summed E-state index contributed by atoms with van der Waals surface area (Å²) in [5.74, 6) is 0.837. The smallest absolute Gasteiger partial charge is 0.274 e. The van der Waals surface area contributed by atoms with E-state index in [1.54, 1.807) is 17.1 Å². The molecule has 2 heterocycles. The first-order valence-electron chi connectivity index (χ1n) is 10.2. The van der Waals surface area contributed by atoms with E-state index in [-0.39, 0.29) is 17.2 Å². The van der Waals surface area contributed by atoms with Crippen LogP contribution in [0.1, 0.15) is 41.7 Å². The molecule has 29 heavy (non-hydrogen) atoms. The minimum Gasteiger partial charge on any atom is -0.492 e. The van der Waals surface area contributed by atoms with Gasteiger partial charge in [-0.3, -0.25) is 9.59 Å². The van der Waals surface area contributed by atoms with Crippen molar-refractivity contribution >= 4 is 11.8 Å². The summed E-state index contributed by atoms with van der Waals surface area (Å²) in [7, 11) is 3.72. The summed E-state index contributed by atoms with van der Waals surface area (Å²) in [5.41, 5.74) is 1.11. The van der Waals surface area contributed by atoms with Gasteiger partial charge in [-0.1, -0.05) is 12.1 Å². The van der Waals surface area contributed by atoms with E-state index in [0.717, 1.165) is 37.0 Å².